The SMILES string of the molecule is CC1C2CCC3C4C(O)C=C5CC(N(C)C)CCC5(C)C4CCC32CN1C. The van der Waals surface area contributed by atoms with Gasteiger partial charge in [0.05, 0.1) is 6.10 Å². The van der Waals surface area contributed by atoms with Crippen LogP contribution in [0.3, 0.4) is 0 Å². The second-order valence-electron chi connectivity index (χ2n) is 11.4. The minimum atomic E-state index is -0.207. The predicted molar refractivity (Wildman–Crippen MR) is 110 cm³/mol. The quantitative estimate of drug-likeness (QED) is 0.710. The molecule has 1 N–H and O–H groups in total. The van der Waals surface area contributed by atoms with E-state index in [4.69, 9.17) is 0 Å². The van der Waals surface area contributed by atoms with Crippen LogP contribution in [0, 0.1) is 34.5 Å². The minimum Gasteiger partial charge on any atom is -0.389 e. The molecule has 0 radical (unpaired) electrons. The van der Waals surface area contributed by atoms with Gasteiger partial charge in [-0.1, -0.05) is 18.6 Å². The molecule has 3 heteroatoms. The van der Waals surface area contributed by atoms with Crippen LogP contribution in [0.25, 0.3) is 0 Å². The lowest BCUT2D eigenvalue weighted by Crippen LogP contribution is -2.56. The summed E-state index contributed by atoms with van der Waals surface area (Å²) < 4.78 is 0. The first-order valence-corrected chi connectivity index (χ1v) is 11.5. The molecule has 0 aromatic carbocycles. The Labute approximate surface area is 166 Å². The summed E-state index contributed by atoms with van der Waals surface area (Å²) in [6.45, 7) is 6.28. The Kier molecular flexibility index (Phi) is 4.18. The van der Waals surface area contributed by atoms with E-state index >= 15 is 0 Å². The maximum absolute atomic E-state index is 11.4. The van der Waals surface area contributed by atoms with Crippen LogP contribution in [0.2, 0.25) is 0 Å². The zero-order valence-corrected chi connectivity index (χ0v) is 18.1. The topological polar surface area (TPSA) is 26.7 Å². The Morgan fingerprint density at radius 2 is 1.81 bits per heavy atom. The first-order chi connectivity index (χ1) is 12.8. The lowest BCUT2D eigenvalue weighted by molar-refractivity contribution is -0.0882. The fourth-order valence-corrected chi connectivity index (χ4v) is 8.88. The van der Waals surface area contributed by atoms with Gasteiger partial charge in [0.25, 0.3) is 0 Å². The van der Waals surface area contributed by atoms with Crippen molar-refractivity contribution in [2.24, 2.45) is 34.5 Å². The van der Waals surface area contributed by atoms with Crippen molar-refractivity contribution in [3.05, 3.63) is 11.6 Å². The van der Waals surface area contributed by atoms with Gasteiger partial charge in [0.1, 0.15) is 0 Å². The normalized spacial score (nSPS) is 54.9. The smallest absolute Gasteiger partial charge is 0.0757 e. The summed E-state index contributed by atoms with van der Waals surface area (Å²) in [6.07, 6.45) is 11.4. The van der Waals surface area contributed by atoms with Gasteiger partial charge >= 0.3 is 0 Å². The Hall–Kier alpha value is -0.380. The minimum absolute atomic E-state index is 0.207. The van der Waals surface area contributed by atoms with Crippen LogP contribution in [-0.4, -0.2) is 60.8 Å². The van der Waals surface area contributed by atoms with Gasteiger partial charge in [0.15, 0.2) is 0 Å². The zero-order valence-electron chi connectivity index (χ0n) is 18.1. The van der Waals surface area contributed by atoms with Gasteiger partial charge in [-0.05, 0) is 108 Å². The highest BCUT2D eigenvalue weighted by atomic mass is 16.3. The van der Waals surface area contributed by atoms with Gasteiger partial charge in [-0.3, -0.25) is 0 Å². The van der Waals surface area contributed by atoms with Crippen LogP contribution < -0.4 is 0 Å². The van der Waals surface area contributed by atoms with E-state index in [1.807, 2.05) is 0 Å². The van der Waals surface area contributed by atoms with E-state index < -0.39 is 0 Å². The average molecular weight is 373 g/mol. The van der Waals surface area contributed by atoms with Crippen LogP contribution >= 0.6 is 0 Å². The molecule has 0 bridgehead atoms. The van der Waals surface area contributed by atoms with E-state index in [9.17, 15) is 5.11 Å². The second-order valence-corrected chi connectivity index (χ2v) is 11.4. The monoisotopic (exact) mass is 372 g/mol. The van der Waals surface area contributed by atoms with Gasteiger partial charge in [-0.15, -0.1) is 0 Å². The maximum Gasteiger partial charge on any atom is 0.0757 e. The second kappa shape index (κ2) is 6.06. The summed E-state index contributed by atoms with van der Waals surface area (Å²) in [4.78, 5) is 5.02. The van der Waals surface area contributed by atoms with Crippen LogP contribution in [0.5, 0.6) is 0 Å². The van der Waals surface area contributed by atoms with Crippen LogP contribution in [0.4, 0.5) is 0 Å². The number of likely N-dealkylation sites (tertiary alicyclic amines) is 1. The molecular formula is C24H40N2O. The van der Waals surface area contributed by atoms with Crippen molar-refractivity contribution in [1.82, 2.24) is 9.80 Å². The fraction of sp³-hybridized carbons (Fsp3) is 0.917. The lowest BCUT2D eigenvalue weighted by atomic mass is 9.46. The van der Waals surface area contributed by atoms with Gasteiger partial charge in [-0.25, -0.2) is 0 Å². The highest BCUT2D eigenvalue weighted by Gasteiger charge is 2.65. The Bertz CT molecular complexity index is 644. The molecule has 1 heterocycles. The average Bonchev–Trinajstić information content (AvgIpc) is 3.10. The molecule has 4 aliphatic carbocycles. The van der Waals surface area contributed by atoms with Crippen molar-refractivity contribution < 1.29 is 5.11 Å². The highest BCUT2D eigenvalue weighted by Crippen LogP contribution is 2.68. The number of fused-ring (bicyclic) bond motifs is 4. The summed E-state index contributed by atoms with van der Waals surface area (Å²) in [6, 6.07) is 1.38. The van der Waals surface area contributed by atoms with Crippen molar-refractivity contribution in [1.29, 1.82) is 0 Å². The van der Waals surface area contributed by atoms with E-state index in [-0.39, 0.29) is 6.10 Å². The largest absolute Gasteiger partial charge is 0.389 e. The Balaban J connectivity index is 1.49. The van der Waals surface area contributed by atoms with Gasteiger partial charge in [-0.2, -0.15) is 0 Å². The van der Waals surface area contributed by atoms with Gasteiger partial charge in [0.2, 0.25) is 0 Å². The predicted octanol–water partition coefficient (Wildman–Crippen LogP) is 3.78. The molecule has 5 rings (SSSR count). The summed E-state index contributed by atoms with van der Waals surface area (Å²) >= 11 is 0. The molecule has 5 aliphatic rings. The third kappa shape index (κ3) is 2.37. The van der Waals surface area contributed by atoms with E-state index in [0.29, 0.717) is 28.7 Å². The molecule has 152 valence electrons. The number of hydrogen-bond acceptors (Lipinski definition) is 3. The molecule has 4 fully saturated rings. The van der Waals surface area contributed by atoms with Crippen molar-refractivity contribution >= 4 is 0 Å². The molecule has 1 aliphatic heterocycles. The molecule has 3 saturated carbocycles. The first kappa shape index (κ1) is 18.6. The molecule has 1 spiro atoms. The highest BCUT2D eigenvalue weighted by molar-refractivity contribution is 5.29. The first-order valence-electron chi connectivity index (χ1n) is 11.5. The number of nitrogens with zero attached hydrogens (tertiary/aromatic N) is 2. The van der Waals surface area contributed by atoms with Crippen molar-refractivity contribution in [3.63, 3.8) is 0 Å². The van der Waals surface area contributed by atoms with Gasteiger partial charge < -0.3 is 14.9 Å². The molecular weight excluding hydrogens is 332 g/mol. The zero-order chi connectivity index (χ0) is 19.1. The number of aliphatic hydroxyl groups excluding tert-OH is 1. The Morgan fingerprint density at radius 1 is 1.07 bits per heavy atom. The Morgan fingerprint density at radius 3 is 2.56 bits per heavy atom. The van der Waals surface area contributed by atoms with Crippen molar-refractivity contribution in [2.75, 3.05) is 27.7 Å². The summed E-state index contributed by atoms with van der Waals surface area (Å²) in [5.41, 5.74) is 2.43. The molecule has 0 aromatic rings. The third-order valence-corrected chi connectivity index (χ3v) is 10.4. The summed E-state index contributed by atoms with van der Waals surface area (Å²) in [5, 5.41) is 11.4. The molecule has 0 aromatic heterocycles. The van der Waals surface area contributed by atoms with E-state index in [1.165, 1.54) is 51.5 Å². The molecule has 9 unspecified atom stereocenters. The third-order valence-electron chi connectivity index (χ3n) is 10.4. The van der Waals surface area contributed by atoms with Crippen LogP contribution in [0.15, 0.2) is 11.6 Å². The van der Waals surface area contributed by atoms with Gasteiger partial charge in [0, 0.05) is 18.6 Å². The summed E-state index contributed by atoms with van der Waals surface area (Å²) in [5.74, 6) is 2.81. The summed E-state index contributed by atoms with van der Waals surface area (Å²) in [7, 11) is 6.77. The van der Waals surface area contributed by atoms with E-state index in [1.54, 1.807) is 5.57 Å². The molecule has 3 nitrogen and oxygen atoms in total. The number of hydrogen-bond donors (Lipinski definition) is 1. The number of rotatable bonds is 1. The number of aliphatic hydroxyl groups is 1. The van der Waals surface area contributed by atoms with Crippen molar-refractivity contribution in [3.8, 4) is 0 Å². The molecule has 0 amide bonds. The maximum atomic E-state index is 11.4. The molecule has 9 atom stereocenters. The molecule has 27 heavy (non-hydrogen) atoms. The van der Waals surface area contributed by atoms with Crippen molar-refractivity contribution in [2.45, 2.75) is 77.0 Å². The molecule has 1 saturated heterocycles. The van der Waals surface area contributed by atoms with E-state index in [2.05, 4.69) is 50.9 Å². The van der Waals surface area contributed by atoms with E-state index in [0.717, 1.165) is 17.9 Å². The fourth-order valence-electron chi connectivity index (χ4n) is 8.88. The van der Waals surface area contributed by atoms with Crippen LogP contribution in [0.1, 0.15) is 58.8 Å². The standard InChI is InChI=1S/C24H40N2O/c1-15-18-6-7-20-22-19(9-11-24(18,20)14-26(15)5)23(2)10-8-17(25(3)4)12-16(23)13-21(22)27/h13,15,17-22,27H,6-12,14H2,1-5H3. The van der Waals surface area contributed by atoms with Crippen LogP contribution in [-0.2, 0) is 0 Å². The lowest BCUT2D eigenvalue weighted by Gasteiger charge is -2.59.